The van der Waals surface area contributed by atoms with Crippen LogP contribution in [0.5, 0.6) is 0 Å². The van der Waals surface area contributed by atoms with E-state index in [0.717, 1.165) is 25.5 Å². The van der Waals surface area contributed by atoms with E-state index in [4.69, 9.17) is 4.74 Å². The normalized spacial score (nSPS) is 29.2. The van der Waals surface area contributed by atoms with E-state index in [0.29, 0.717) is 12.2 Å². The van der Waals surface area contributed by atoms with Crippen molar-refractivity contribution in [2.24, 2.45) is 0 Å². The Labute approximate surface area is 67.2 Å². The molecule has 2 atom stereocenters. The molecule has 2 unspecified atom stereocenters. The number of aldehydes is 1. The highest BCUT2D eigenvalue weighted by atomic mass is 16.6. The summed E-state index contributed by atoms with van der Waals surface area (Å²) in [6, 6.07) is 0. The maximum atomic E-state index is 9.87. The number of rotatable bonds is 5. The van der Waals surface area contributed by atoms with E-state index >= 15 is 0 Å². The van der Waals surface area contributed by atoms with Crippen molar-refractivity contribution in [2.45, 2.75) is 38.4 Å². The van der Waals surface area contributed by atoms with Crippen molar-refractivity contribution in [1.29, 1.82) is 0 Å². The van der Waals surface area contributed by atoms with Gasteiger partial charge in [-0.25, -0.2) is 0 Å². The molecule has 0 spiro atoms. The summed E-state index contributed by atoms with van der Waals surface area (Å²) in [7, 11) is 0. The van der Waals surface area contributed by atoms with Gasteiger partial charge in [-0.3, -0.25) is 4.79 Å². The molecule has 1 fully saturated rings. The molecule has 1 aliphatic rings. The van der Waals surface area contributed by atoms with Crippen LogP contribution in [-0.4, -0.2) is 18.5 Å². The first-order chi connectivity index (χ1) is 5.38. The number of carbonyl (C=O) groups excluding carboxylic acids is 1. The summed E-state index contributed by atoms with van der Waals surface area (Å²) in [5, 5.41) is 0. The fourth-order valence-corrected chi connectivity index (χ4v) is 1.20. The highest BCUT2D eigenvalue weighted by molar-refractivity contribution is 5.64. The van der Waals surface area contributed by atoms with Crippen LogP contribution in [0.3, 0.4) is 0 Å². The molecule has 0 aromatic rings. The second-order valence-corrected chi connectivity index (χ2v) is 2.76. The Balaban J connectivity index is 1.97. The molecule has 0 aliphatic carbocycles. The van der Waals surface area contributed by atoms with Gasteiger partial charge >= 0.3 is 0 Å². The number of hydrogen-bond donors (Lipinski definition) is 0. The topological polar surface area (TPSA) is 29.6 Å². The molecule has 62 valence electrons. The maximum absolute atomic E-state index is 9.87. The van der Waals surface area contributed by atoms with E-state index in [1.54, 1.807) is 6.08 Å². The predicted molar refractivity (Wildman–Crippen MR) is 43.4 cm³/mol. The fraction of sp³-hybridized carbons (Fsp3) is 0.667. The van der Waals surface area contributed by atoms with Gasteiger partial charge in [-0.1, -0.05) is 13.0 Å². The second kappa shape index (κ2) is 4.29. The zero-order valence-corrected chi connectivity index (χ0v) is 6.82. The molecule has 0 radical (unpaired) electrons. The fourth-order valence-electron chi connectivity index (χ4n) is 1.20. The van der Waals surface area contributed by atoms with Crippen LogP contribution in [-0.2, 0) is 9.53 Å². The number of epoxide rings is 1. The van der Waals surface area contributed by atoms with Crippen LogP contribution in [0.1, 0.15) is 26.2 Å². The summed E-state index contributed by atoms with van der Waals surface area (Å²) in [6.45, 7) is 2.13. The second-order valence-electron chi connectivity index (χ2n) is 2.76. The van der Waals surface area contributed by atoms with Crippen molar-refractivity contribution in [3.63, 3.8) is 0 Å². The first kappa shape index (κ1) is 8.47. The molecule has 1 aliphatic heterocycles. The zero-order valence-electron chi connectivity index (χ0n) is 6.82. The van der Waals surface area contributed by atoms with Gasteiger partial charge < -0.3 is 4.74 Å². The highest BCUT2D eigenvalue weighted by Crippen LogP contribution is 2.28. The molecule has 0 amide bonds. The largest absolute Gasteiger partial charge is 0.370 e. The molecular formula is C9H14O2. The van der Waals surface area contributed by atoms with E-state index in [1.807, 2.05) is 6.08 Å². The monoisotopic (exact) mass is 154 g/mol. The first-order valence-corrected chi connectivity index (χ1v) is 4.14. The van der Waals surface area contributed by atoms with Crippen molar-refractivity contribution >= 4 is 6.29 Å². The summed E-state index contributed by atoms with van der Waals surface area (Å²) in [5.74, 6) is 0. The van der Waals surface area contributed by atoms with Gasteiger partial charge in [-0.2, -0.15) is 0 Å². The lowest BCUT2D eigenvalue weighted by atomic mass is 10.1. The number of carbonyl (C=O) groups is 1. The van der Waals surface area contributed by atoms with Gasteiger partial charge in [0.1, 0.15) is 6.29 Å². The minimum absolute atomic E-state index is 0.469. The van der Waals surface area contributed by atoms with Gasteiger partial charge in [0.25, 0.3) is 0 Å². The highest BCUT2D eigenvalue weighted by Gasteiger charge is 2.35. The van der Waals surface area contributed by atoms with E-state index < -0.39 is 0 Å². The molecule has 0 aromatic carbocycles. The Hall–Kier alpha value is -0.630. The average Bonchev–Trinajstić information content (AvgIpc) is 2.77. The van der Waals surface area contributed by atoms with E-state index in [9.17, 15) is 4.79 Å². The van der Waals surface area contributed by atoms with E-state index in [2.05, 4.69) is 6.92 Å². The number of ether oxygens (including phenoxy) is 1. The Kier molecular flexibility index (Phi) is 3.30. The van der Waals surface area contributed by atoms with Crippen molar-refractivity contribution in [1.82, 2.24) is 0 Å². The quantitative estimate of drug-likeness (QED) is 0.342. The molecule has 0 aromatic heterocycles. The summed E-state index contributed by atoms with van der Waals surface area (Å²) in [4.78, 5) is 9.87. The molecule has 1 rings (SSSR count). The van der Waals surface area contributed by atoms with Crippen LogP contribution in [0.4, 0.5) is 0 Å². The molecule has 11 heavy (non-hydrogen) atoms. The lowest BCUT2D eigenvalue weighted by Gasteiger charge is -1.86. The third-order valence-corrected chi connectivity index (χ3v) is 1.92. The molecular weight excluding hydrogens is 140 g/mol. The lowest BCUT2D eigenvalue weighted by molar-refractivity contribution is -0.104. The molecule has 2 nitrogen and oxygen atoms in total. The SMILES string of the molecule is CCC1OC1CC/C=C/C=O. The summed E-state index contributed by atoms with van der Waals surface area (Å²) in [5.41, 5.74) is 0. The average molecular weight is 154 g/mol. The van der Waals surface area contributed by atoms with Gasteiger partial charge in [0.15, 0.2) is 0 Å². The minimum Gasteiger partial charge on any atom is -0.370 e. The van der Waals surface area contributed by atoms with Gasteiger partial charge in [0, 0.05) is 0 Å². The van der Waals surface area contributed by atoms with Crippen molar-refractivity contribution in [2.75, 3.05) is 0 Å². The van der Waals surface area contributed by atoms with Gasteiger partial charge in [0.05, 0.1) is 12.2 Å². The van der Waals surface area contributed by atoms with E-state index in [-0.39, 0.29) is 0 Å². The maximum Gasteiger partial charge on any atom is 0.142 e. The minimum atomic E-state index is 0.469. The molecule has 0 saturated carbocycles. The van der Waals surface area contributed by atoms with Crippen LogP contribution in [0.2, 0.25) is 0 Å². The number of hydrogen-bond acceptors (Lipinski definition) is 2. The standard InChI is InChI=1S/C9H14O2/c1-2-8-9(11-8)6-4-3-5-7-10/h3,5,7-9H,2,4,6H2,1H3/b5-3+. The predicted octanol–water partition coefficient (Wildman–Crippen LogP) is 1.70. The van der Waals surface area contributed by atoms with Crippen LogP contribution in [0.25, 0.3) is 0 Å². The third kappa shape index (κ3) is 2.85. The molecule has 2 heteroatoms. The Morgan fingerprint density at radius 2 is 2.27 bits per heavy atom. The lowest BCUT2D eigenvalue weighted by Crippen LogP contribution is -1.90. The summed E-state index contributed by atoms with van der Waals surface area (Å²) in [6.07, 6.45) is 8.34. The van der Waals surface area contributed by atoms with Crippen LogP contribution in [0.15, 0.2) is 12.2 Å². The smallest absolute Gasteiger partial charge is 0.142 e. The molecule has 0 N–H and O–H groups in total. The van der Waals surface area contributed by atoms with Gasteiger partial charge in [-0.15, -0.1) is 0 Å². The third-order valence-electron chi connectivity index (χ3n) is 1.92. The molecule has 1 saturated heterocycles. The number of allylic oxidation sites excluding steroid dienone is 2. The van der Waals surface area contributed by atoms with Gasteiger partial charge in [-0.05, 0) is 25.3 Å². The van der Waals surface area contributed by atoms with Gasteiger partial charge in [0.2, 0.25) is 0 Å². The van der Waals surface area contributed by atoms with Crippen LogP contribution < -0.4 is 0 Å². The molecule has 0 bridgehead atoms. The first-order valence-electron chi connectivity index (χ1n) is 4.14. The van der Waals surface area contributed by atoms with Crippen molar-refractivity contribution in [3.8, 4) is 0 Å². The summed E-state index contributed by atoms with van der Waals surface area (Å²) >= 11 is 0. The van der Waals surface area contributed by atoms with E-state index in [1.165, 1.54) is 0 Å². The Bertz CT molecular complexity index is 152. The van der Waals surface area contributed by atoms with Crippen LogP contribution >= 0.6 is 0 Å². The van der Waals surface area contributed by atoms with Crippen molar-refractivity contribution in [3.05, 3.63) is 12.2 Å². The molecule has 1 heterocycles. The van der Waals surface area contributed by atoms with Crippen molar-refractivity contribution < 1.29 is 9.53 Å². The Morgan fingerprint density at radius 1 is 1.45 bits per heavy atom. The Morgan fingerprint density at radius 3 is 2.82 bits per heavy atom. The van der Waals surface area contributed by atoms with Crippen LogP contribution in [0, 0.1) is 0 Å². The summed E-state index contributed by atoms with van der Waals surface area (Å²) < 4.78 is 5.32. The zero-order chi connectivity index (χ0) is 8.10.